The monoisotopic (exact) mass is 270 g/mol. The summed E-state index contributed by atoms with van der Waals surface area (Å²) in [6.45, 7) is 6.46. The summed E-state index contributed by atoms with van der Waals surface area (Å²) >= 11 is 0.0818. The van der Waals surface area contributed by atoms with E-state index in [1.807, 2.05) is 0 Å². The number of alkyl halides is 3. The maximum atomic E-state index is 12.0. The van der Waals surface area contributed by atoms with Crippen LogP contribution < -0.4 is 5.32 Å². The predicted molar refractivity (Wildman–Crippen MR) is 66.2 cm³/mol. The maximum absolute atomic E-state index is 12.0. The van der Waals surface area contributed by atoms with Gasteiger partial charge in [0.15, 0.2) is 0 Å². The zero-order valence-corrected chi connectivity index (χ0v) is 11.2. The van der Waals surface area contributed by atoms with Gasteiger partial charge in [0.25, 0.3) is 0 Å². The molecule has 1 N–H and O–H groups in total. The summed E-state index contributed by atoms with van der Waals surface area (Å²) in [5, 5.41) is 3.44. The van der Waals surface area contributed by atoms with Crippen LogP contribution in [0.15, 0.2) is 0 Å². The van der Waals surface area contributed by atoms with E-state index in [2.05, 4.69) is 24.1 Å². The van der Waals surface area contributed by atoms with Crippen molar-refractivity contribution >= 4 is 11.8 Å². The summed E-state index contributed by atoms with van der Waals surface area (Å²) in [6, 6.07) is 0.768. The number of nitrogens with one attached hydrogen (secondary N) is 1. The Labute approximate surface area is 105 Å². The fraction of sp³-hybridized carbons (Fsp3) is 1.00. The minimum Gasteiger partial charge on any atom is -0.311 e. The van der Waals surface area contributed by atoms with Crippen molar-refractivity contribution in [3.63, 3.8) is 0 Å². The standard InChI is InChI=1S/C11H21F3N2S/c1-3-4-10-8-16(9(2)7-15-10)5-6-17-11(12,13)14/h9-10,15H,3-8H2,1-2H3. The van der Waals surface area contributed by atoms with Gasteiger partial charge >= 0.3 is 5.51 Å². The second kappa shape index (κ2) is 6.85. The summed E-state index contributed by atoms with van der Waals surface area (Å²) in [5.74, 6) is 0.132. The van der Waals surface area contributed by atoms with Gasteiger partial charge in [0, 0.05) is 37.5 Å². The average molecular weight is 270 g/mol. The highest BCUT2D eigenvalue weighted by atomic mass is 32.2. The zero-order valence-electron chi connectivity index (χ0n) is 10.4. The van der Waals surface area contributed by atoms with Crippen LogP contribution in [0.2, 0.25) is 0 Å². The van der Waals surface area contributed by atoms with Crippen molar-refractivity contribution in [1.29, 1.82) is 0 Å². The molecule has 0 radical (unpaired) electrons. The molecule has 1 aliphatic rings. The summed E-state index contributed by atoms with van der Waals surface area (Å²) in [4.78, 5) is 2.16. The van der Waals surface area contributed by atoms with E-state index in [-0.39, 0.29) is 17.5 Å². The highest BCUT2D eigenvalue weighted by Crippen LogP contribution is 2.30. The van der Waals surface area contributed by atoms with Crippen LogP contribution in [0.25, 0.3) is 0 Å². The highest BCUT2D eigenvalue weighted by molar-refractivity contribution is 8.00. The van der Waals surface area contributed by atoms with Gasteiger partial charge in [0.1, 0.15) is 0 Å². The Balaban J connectivity index is 2.29. The second-order valence-corrected chi connectivity index (χ2v) is 5.69. The first kappa shape index (κ1) is 15.1. The molecule has 0 aromatic rings. The quantitative estimate of drug-likeness (QED) is 0.827. The number of halogens is 3. The van der Waals surface area contributed by atoms with Crippen molar-refractivity contribution in [3.05, 3.63) is 0 Å². The van der Waals surface area contributed by atoms with Gasteiger partial charge in [-0.2, -0.15) is 13.2 Å². The molecule has 0 bridgehead atoms. The van der Waals surface area contributed by atoms with Crippen molar-refractivity contribution in [1.82, 2.24) is 10.2 Å². The molecule has 2 atom stereocenters. The van der Waals surface area contributed by atoms with E-state index in [1.165, 1.54) is 0 Å². The summed E-state index contributed by atoms with van der Waals surface area (Å²) in [5.41, 5.74) is -4.10. The molecular weight excluding hydrogens is 249 g/mol. The van der Waals surface area contributed by atoms with Crippen LogP contribution in [-0.2, 0) is 0 Å². The average Bonchev–Trinajstić information content (AvgIpc) is 2.21. The molecule has 0 spiro atoms. The molecule has 1 heterocycles. The van der Waals surface area contributed by atoms with Crippen molar-refractivity contribution in [2.75, 3.05) is 25.4 Å². The van der Waals surface area contributed by atoms with E-state index in [0.717, 1.165) is 25.9 Å². The molecule has 17 heavy (non-hydrogen) atoms. The normalized spacial score (nSPS) is 27.4. The van der Waals surface area contributed by atoms with E-state index >= 15 is 0 Å². The Hall–Kier alpha value is 0.0600. The van der Waals surface area contributed by atoms with Crippen molar-refractivity contribution in [2.45, 2.75) is 44.3 Å². The van der Waals surface area contributed by atoms with Gasteiger partial charge in [-0.1, -0.05) is 13.3 Å². The van der Waals surface area contributed by atoms with Gasteiger partial charge < -0.3 is 5.32 Å². The number of hydrogen-bond donors (Lipinski definition) is 1. The predicted octanol–water partition coefficient (Wildman–Crippen LogP) is 2.70. The summed E-state index contributed by atoms with van der Waals surface area (Å²) in [7, 11) is 0. The first-order chi connectivity index (χ1) is 7.92. The number of hydrogen-bond acceptors (Lipinski definition) is 3. The molecule has 0 saturated carbocycles. The molecule has 102 valence electrons. The van der Waals surface area contributed by atoms with E-state index in [1.54, 1.807) is 0 Å². The lowest BCUT2D eigenvalue weighted by atomic mass is 10.1. The topological polar surface area (TPSA) is 15.3 Å². The minimum atomic E-state index is -4.10. The third kappa shape index (κ3) is 5.97. The Kier molecular flexibility index (Phi) is 6.09. The summed E-state index contributed by atoms with van der Waals surface area (Å²) < 4.78 is 36.1. The van der Waals surface area contributed by atoms with Gasteiger partial charge in [0.2, 0.25) is 0 Å². The van der Waals surface area contributed by atoms with Crippen molar-refractivity contribution in [3.8, 4) is 0 Å². The van der Waals surface area contributed by atoms with Gasteiger partial charge in [-0.3, -0.25) is 4.90 Å². The van der Waals surface area contributed by atoms with Gasteiger partial charge in [-0.05, 0) is 25.1 Å². The molecule has 0 aliphatic carbocycles. The number of piperazine rings is 1. The van der Waals surface area contributed by atoms with E-state index in [9.17, 15) is 13.2 Å². The van der Waals surface area contributed by atoms with Gasteiger partial charge in [-0.15, -0.1) is 0 Å². The van der Waals surface area contributed by atoms with Crippen LogP contribution in [0.5, 0.6) is 0 Å². The van der Waals surface area contributed by atoms with Crippen molar-refractivity contribution in [2.24, 2.45) is 0 Å². The molecule has 1 rings (SSSR count). The maximum Gasteiger partial charge on any atom is 0.441 e. The van der Waals surface area contributed by atoms with Crippen LogP contribution in [0.4, 0.5) is 13.2 Å². The Morgan fingerprint density at radius 1 is 1.41 bits per heavy atom. The molecule has 1 fully saturated rings. The molecular formula is C11H21F3N2S. The zero-order chi connectivity index (χ0) is 12.9. The third-order valence-electron chi connectivity index (χ3n) is 3.06. The van der Waals surface area contributed by atoms with E-state index in [4.69, 9.17) is 0 Å². The lowest BCUT2D eigenvalue weighted by Crippen LogP contribution is -2.55. The van der Waals surface area contributed by atoms with Gasteiger partial charge in [0.05, 0.1) is 0 Å². The first-order valence-corrected chi connectivity index (χ1v) is 7.09. The fourth-order valence-corrected chi connectivity index (χ4v) is 2.68. The molecule has 2 unspecified atom stereocenters. The molecule has 0 aromatic heterocycles. The Bertz CT molecular complexity index is 223. The molecule has 1 saturated heterocycles. The SMILES string of the molecule is CCCC1CN(CCSC(F)(F)F)C(C)CN1. The highest BCUT2D eigenvalue weighted by Gasteiger charge is 2.29. The smallest absolute Gasteiger partial charge is 0.311 e. The lowest BCUT2D eigenvalue weighted by Gasteiger charge is -2.38. The Morgan fingerprint density at radius 2 is 2.12 bits per heavy atom. The second-order valence-electron chi connectivity index (χ2n) is 4.53. The van der Waals surface area contributed by atoms with Crippen LogP contribution in [-0.4, -0.2) is 47.9 Å². The van der Waals surface area contributed by atoms with E-state index in [0.29, 0.717) is 18.6 Å². The van der Waals surface area contributed by atoms with Crippen LogP contribution in [0, 0.1) is 0 Å². The molecule has 1 aliphatic heterocycles. The fourth-order valence-electron chi connectivity index (χ4n) is 2.13. The molecule has 0 aromatic carbocycles. The number of nitrogens with zero attached hydrogens (tertiary/aromatic N) is 1. The van der Waals surface area contributed by atoms with Crippen molar-refractivity contribution < 1.29 is 13.2 Å². The first-order valence-electron chi connectivity index (χ1n) is 6.10. The number of rotatable bonds is 5. The molecule has 2 nitrogen and oxygen atoms in total. The Morgan fingerprint density at radius 3 is 2.71 bits per heavy atom. The summed E-state index contributed by atoms with van der Waals surface area (Å²) in [6.07, 6.45) is 2.20. The van der Waals surface area contributed by atoms with E-state index < -0.39 is 5.51 Å². The largest absolute Gasteiger partial charge is 0.441 e. The minimum absolute atomic E-state index is 0.0818. The van der Waals surface area contributed by atoms with Crippen LogP contribution in [0.1, 0.15) is 26.7 Å². The number of thioether (sulfide) groups is 1. The third-order valence-corrected chi connectivity index (χ3v) is 3.78. The van der Waals surface area contributed by atoms with Gasteiger partial charge in [-0.25, -0.2) is 0 Å². The molecule has 6 heteroatoms. The van der Waals surface area contributed by atoms with Crippen LogP contribution >= 0.6 is 11.8 Å². The molecule has 0 amide bonds. The van der Waals surface area contributed by atoms with Crippen LogP contribution in [0.3, 0.4) is 0 Å². The lowest BCUT2D eigenvalue weighted by molar-refractivity contribution is -0.0329.